The van der Waals surface area contributed by atoms with E-state index in [0.717, 1.165) is 16.8 Å². The lowest BCUT2D eigenvalue weighted by Crippen LogP contribution is -1.97. The first kappa shape index (κ1) is 10.5. The van der Waals surface area contributed by atoms with Gasteiger partial charge in [0, 0.05) is 30.4 Å². The minimum absolute atomic E-state index is 0.588. The molecule has 0 fully saturated rings. The zero-order chi connectivity index (χ0) is 11.7. The SMILES string of the molecule is COc1ccc(-c2nn(C)c(N)c2C)cn1. The standard InChI is InChI=1S/C11H14N4O/c1-7-10(14-15(2)11(7)12)8-4-5-9(16-3)13-6-8/h4-6H,12H2,1-3H3. The second kappa shape index (κ2) is 3.84. The van der Waals surface area contributed by atoms with Crippen molar-refractivity contribution in [3.63, 3.8) is 0 Å². The average Bonchev–Trinajstić information content (AvgIpc) is 2.57. The Kier molecular flexibility index (Phi) is 2.52. The first-order chi connectivity index (χ1) is 7.63. The van der Waals surface area contributed by atoms with E-state index in [2.05, 4.69) is 10.1 Å². The zero-order valence-corrected chi connectivity index (χ0v) is 9.56. The number of hydrogen-bond donors (Lipinski definition) is 1. The highest BCUT2D eigenvalue weighted by Crippen LogP contribution is 2.25. The van der Waals surface area contributed by atoms with Crippen LogP contribution in [0, 0.1) is 6.92 Å². The van der Waals surface area contributed by atoms with Gasteiger partial charge in [0.15, 0.2) is 0 Å². The highest BCUT2D eigenvalue weighted by atomic mass is 16.5. The highest BCUT2D eigenvalue weighted by Gasteiger charge is 2.11. The quantitative estimate of drug-likeness (QED) is 0.827. The molecule has 0 atom stereocenters. The van der Waals surface area contributed by atoms with Crippen LogP contribution in [0.15, 0.2) is 18.3 Å². The second-order valence-electron chi connectivity index (χ2n) is 3.57. The van der Waals surface area contributed by atoms with Crippen LogP contribution in [0.5, 0.6) is 5.88 Å². The van der Waals surface area contributed by atoms with Gasteiger partial charge in [0.2, 0.25) is 5.88 Å². The number of aromatic nitrogens is 3. The molecule has 2 aromatic rings. The van der Waals surface area contributed by atoms with Crippen LogP contribution >= 0.6 is 0 Å². The molecule has 0 unspecified atom stereocenters. The van der Waals surface area contributed by atoms with Crippen LogP contribution < -0.4 is 10.5 Å². The van der Waals surface area contributed by atoms with Crippen LogP contribution in [0.4, 0.5) is 5.82 Å². The van der Waals surface area contributed by atoms with Crippen LogP contribution in [0.25, 0.3) is 11.3 Å². The summed E-state index contributed by atoms with van der Waals surface area (Å²) in [5.74, 6) is 1.26. The molecular formula is C11H14N4O. The Morgan fingerprint density at radius 3 is 2.56 bits per heavy atom. The molecule has 0 saturated carbocycles. The average molecular weight is 218 g/mol. The first-order valence-electron chi connectivity index (χ1n) is 4.93. The molecule has 84 valence electrons. The van der Waals surface area contributed by atoms with Gasteiger partial charge in [-0.15, -0.1) is 0 Å². The highest BCUT2D eigenvalue weighted by molar-refractivity contribution is 5.67. The summed E-state index contributed by atoms with van der Waals surface area (Å²) >= 11 is 0. The van der Waals surface area contributed by atoms with E-state index in [9.17, 15) is 0 Å². The number of rotatable bonds is 2. The molecule has 5 nitrogen and oxygen atoms in total. The third-order valence-corrected chi connectivity index (χ3v) is 2.56. The van der Waals surface area contributed by atoms with Gasteiger partial charge in [-0.1, -0.05) is 0 Å². The van der Waals surface area contributed by atoms with E-state index in [1.54, 1.807) is 24.1 Å². The lowest BCUT2D eigenvalue weighted by molar-refractivity contribution is 0.398. The molecule has 0 spiro atoms. The van der Waals surface area contributed by atoms with Crippen molar-refractivity contribution in [1.29, 1.82) is 0 Å². The van der Waals surface area contributed by atoms with Crippen LogP contribution in [-0.2, 0) is 7.05 Å². The molecule has 2 aromatic heterocycles. The Hall–Kier alpha value is -2.04. The van der Waals surface area contributed by atoms with Crippen molar-refractivity contribution in [2.75, 3.05) is 12.8 Å². The van der Waals surface area contributed by atoms with E-state index in [-0.39, 0.29) is 0 Å². The summed E-state index contributed by atoms with van der Waals surface area (Å²) < 4.78 is 6.66. The minimum Gasteiger partial charge on any atom is -0.481 e. The van der Waals surface area contributed by atoms with Crippen LogP contribution in [0.3, 0.4) is 0 Å². The summed E-state index contributed by atoms with van der Waals surface area (Å²) in [5, 5.41) is 4.35. The number of nitrogens with two attached hydrogens (primary N) is 1. The Morgan fingerprint density at radius 2 is 2.12 bits per heavy atom. The summed E-state index contributed by atoms with van der Waals surface area (Å²) in [5.41, 5.74) is 8.61. The van der Waals surface area contributed by atoms with Gasteiger partial charge in [0.25, 0.3) is 0 Å². The van der Waals surface area contributed by atoms with E-state index < -0.39 is 0 Å². The smallest absolute Gasteiger partial charge is 0.212 e. The number of pyridine rings is 1. The van der Waals surface area contributed by atoms with Crippen molar-refractivity contribution in [3.8, 4) is 17.1 Å². The zero-order valence-electron chi connectivity index (χ0n) is 9.56. The first-order valence-corrected chi connectivity index (χ1v) is 4.93. The summed E-state index contributed by atoms with van der Waals surface area (Å²) in [6, 6.07) is 3.72. The van der Waals surface area contributed by atoms with E-state index in [0.29, 0.717) is 11.7 Å². The largest absolute Gasteiger partial charge is 0.481 e. The van der Waals surface area contributed by atoms with E-state index in [1.165, 1.54) is 0 Å². The summed E-state index contributed by atoms with van der Waals surface area (Å²) in [4.78, 5) is 4.14. The lowest BCUT2D eigenvalue weighted by Gasteiger charge is -2.00. The predicted molar refractivity (Wildman–Crippen MR) is 62.1 cm³/mol. The molecule has 0 aliphatic carbocycles. The maximum absolute atomic E-state index is 5.85. The van der Waals surface area contributed by atoms with Gasteiger partial charge in [-0.3, -0.25) is 4.68 Å². The van der Waals surface area contributed by atoms with Gasteiger partial charge in [-0.2, -0.15) is 5.10 Å². The monoisotopic (exact) mass is 218 g/mol. The summed E-state index contributed by atoms with van der Waals surface area (Å²) in [6.45, 7) is 1.95. The Labute approximate surface area is 93.9 Å². The molecule has 0 saturated heterocycles. The molecule has 2 heterocycles. The van der Waals surface area contributed by atoms with Gasteiger partial charge < -0.3 is 10.5 Å². The number of nitrogen functional groups attached to an aromatic ring is 1. The number of nitrogens with zero attached hydrogens (tertiary/aromatic N) is 3. The summed E-state index contributed by atoms with van der Waals surface area (Å²) in [6.07, 6.45) is 1.73. The van der Waals surface area contributed by atoms with E-state index >= 15 is 0 Å². The predicted octanol–water partition coefficient (Wildman–Crippen LogP) is 1.38. The van der Waals surface area contributed by atoms with Gasteiger partial charge >= 0.3 is 0 Å². The van der Waals surface area contributed by atoms with Gasteiger partial charge in [-0.25, -0.2) is 4.98 Å². The topological polar surface area (TPSA) is 66.0 Å². The fourth-order valence-electron chi connectivity index (χ4n) is 1.56. The molecule has 5 heteroatoms. The maximum atomic E-state index is 5.85. The number of ether oxygens (including phenoxy) is 1. The van der Waals surface area contributed by atoms with Crippen molar-refractivity contribution in [3.05, 3.63) is 23.9 Å². The molecular weight excluding hydrogens is 204 g/mol. The van der Waals surface area contributed by atoms with E-state index in [1.807, 2.05) is 20.0 Å². The molecule has 0 aliphatic heterocycles. The maximum Gasteiger partial charge on any atom is 0.212 e. The number of hydrogen-bond acceptors (Lipinski definition) is 4. The number of methoxy groups -OCH3 is 1. The molecule has 0 radical (unpaired) electrons. The molecule has 0 bridgehead atoms. The normalized spacial score (nSPS) is 10.4. The Balaban J connectivity index is 2.46. The van der Waals surface area contributed by atoms with E-state index in [4.69, 9.17) is 10.5 Å². The number of anilines is 1. The molecule has 2 rings (SSSR count). The molecule has 16 heavy (non-hydrogen) atoms. The Bertz CT molecular complexity index is 501. The van der Waals surface area contributed by atoms with Crippen molar-refractivity contribution in [2.24, 2.45) is 7.05 Å². The van der Waals surface area contributed by atoms with Gasteiger partial charge in [-0.05, 0) is 13.0 Å². The molecule has 0 aliphatic rings. The fraction of sp³-hybridized carbons (Fsp3) is 0.273. The third kappa shape index (κ3) is 1.60. The van der Waals surface area contributed by atoms with Crippen LogP contribution in [-0.4, -0.2) is 21.9 Å². The summed E-state index contributed by atoms with van der Waals surface area (Å²) in [7, 11) is 3.41. The van der Waals surface area contributed by atoms with Crippen LogP contribution in [0.1, 0.15) is 5.56 Å². The molecule has 0 aromatic carbocycles. The van der Waals surface area contributed by atoms with Gasteiger partial charge in [0.05, 0.1) is 12.8 Å². The molecule has 2 N–H and O–H groups in total. The second-order valence-corrected chi connectivity index (χ2v) is 3.57. The lowest BCUT2D eigenvalue weighted by atomic mass is 10.1. The molecule has 0 amide bonds. The van der Waals surface area contributed by atoms with Crippen molar-refractivity contribution >= 4 is 5.82 Å². The third-order valence-electron chi connectivity index (χ3n) is 2.56. The van der Waals surface area contributed by atoms with Gasteiger partial charge in [0.1, 0.15) is 5.82 Å². The fourth-order valence-corrected chi connectivity index (χ4v) is 1.56. The number of aryl methyl sites for hydroxylation is 1. The van der Waals surface area contributed by atoms with Crippen LogP contribution in [0.2, 0.25) is 0 Å². The van der Waals surface area contributed by atoms with Crippen molar-refractivity contribution in [1.82, 2.24) is 14.8 Å². The van der Waals surface area contributed by atoms with Crippen molar-refractivity contribution < 1.29 is 4.74 Å². The van der Waals surface area contributed by atoms with Crippen molar-refractivity contribution in [2.45, 2.75) is 6.92 Å². The Morgan fingerprint density at radius 1 is 1.38 bits per heavy atom. The minimum atomic E-state index is 0.588.